The van der Waals surface area contributed by atoms with Crippen LogP contribution in [0.5, 0.6) is 0 Å². The van der Waals surface area contributed by atoms with Crippen molar-refractivity contribution in [3.63, 3.8) is 0 Å². The third kappa shape index (κ3) is 6.61. The number of hydrogen-bond donors (Lipinski definition) is 2. The van der Waals surface area contributed by atoms with Crippen LogP contribution < -0.4 is 10.6 Å². The smallest absolute Gasteiger partial charge is 0.191 e. The first-order valence-corrected chi connectivity index (χ1v) is 8.82. The first-order chi connectivity index (χ1) is 12.5. The molecular weight excluding hydrogens is 353 g/mol. The van der Waals surface area contributed by atoms with Crippen LogP contribution in [0.15, 0.2) is 41.5 Å². The van der Waals surface area contributed by atoms with Crippen molar-refractivity contribution in [1.29, 1.82) is 0 Å². The molecule has 0 radical (unpaired) electrons. The Labute approximate surface area is 159 Å². The van der Waals surface area contributed by atoms with Crippen molar-refractivity contribution >= 4 is 17.6 Å². The van der Waals surface area contributed by atoms with Crippen LogP contribution in [0, 0.1) is 5.82 Å². The van der Waals surface area contributed by atoms with E-state index < -0.39 is 0 Å². The lowest BCUT2D eigenvalue weighted by atomic mass is 10.1. The normalized spacial score (nSPS) is 11.7. The molecule has 0 atom stereocenters. The summed E-state index contributed by atoms with van der Waals surface area (Å²) in [4.78, 5) is 10.2. The fourth-order valence-corrected chi connectivity index (χ4v) is 2.60. The molecule has 0 bridgehead atoms. The molecule has 0 saturated heterocycles. The topological polar surface area (TPSA) is 52.6 Å². The van der Waals surface area contributed by atoms with Crippen molar-refractivity contribution in [2.45, 2.75) is 19.5 Å². The van der Waals surface area contributed by atoms with Crippen molar-refractivity contribution in [2.75, 3.05) is 27.7 Å². The van der Waals surface area contributed by atoms with Crippen LogP contribution in [-0.4, -0.2) is 43.5 Å². The molecule has 140 valence electrons. The Balaban J connectivity index is 1.83. The second-order valence-corrected chi connectivity index (χ2v) is 6.64. The zero-order valence-corrected chi connectivity index (χ0v) is 16.1. The Morgan fingerprint density at radius 3 is 2.62 bits per heavy atom. The number of aromatic nitrogens is 1. The molecule has 0 fully saturated rings. The van der Waals surface area contributed by atoms with Crippen LogP contribution in [0.1, 0.15) is 16.7 Å². The number of rotatable bonds is 7. The van der Waals surface area contributed by atoms with Gasteiger partial charge in [0.2, 0.25) is 0 Å². The van der Waals surface area contributed by atoms with Gasteiger partial charge in [-0.15, -0.1) is 0 Å². The molecule has 0 aliphatic carbocycles. The summed E-state index contributed by atoms with van der Waals surface area (Å²) in [7, 11) is 5.57. The zero-order valence-electron chi connectivity index (χ0n) is 15.4. The summed E-state index contributed by atoms with van der Waals surface area (Å²) in [5.74, 6) is 0.520. The number of halogens is 2. The van der Waals surface area contributed by atoms with E-state index in [2.05, 4.69) is 20.6 Å². The maximum atomic E-state index is 13.9. The average molecular weight is 378 g/mol. The van der Waals surface area contributed by atoms with Gasteiger partial charge in [0.15, 0.2) is 5.96 Å². The maximum absolute atomic E-state index is 13.9. The molecule has 1 aromatic heterocycles. The minimum atomic E-state index is -0.179. The van der Waals surface area contributed by atoms with Crippen molar-refractivity contribution in [1.82, 2.24) is 20.5 Å². The highest BCUT2D eigenvalue weighted by atomic mass is 35.5. The summed E-state index contributed by atoms with van der Waals surface area (Å²) < 4.78 is 13.9. The van der Waals surface area contributed by atoms with Crippen molar-refractivity contribution < 1.29 is 4.39 Å². The fourth-order valence-electron chi connectivity index (χ4n) is 2.49. The summed E-state index contributed by atoms with van der Waals surface area (Å²) >= 11 is 5.78. The molecule has 7 heteroatoms. The lowest BCUT2D eigenvalue weighted by Crippen LogP contribution is -2.37. The Bertz CT molecular complexity index is 731. The van der Waals surface area contributed by atoms with Crippen molar-refractivity contribution in [2.24, 2.45) is 4.99 Å². The Morgan fingerprint density at radius 1 is 1.19 bits per heavy atom. The first-order valence-electron chi connectivity index (χ1n) is 8.45. The summed E-state index contributed by atoms with van der Waals surface area (Å²) in [5, 5.41) is 7.00. The van der Waals surface area contributed by atoms with E-state index in [1.165, 1.54) is 6.07 Å². The number of benzene rings is 1. The van der Waals surface area contributed by atoms with Gasteiger partial charge in [0, 0.05) is 38.4 Å². The molecule has 1 aromatic carbocycles. The highest BCUT2D eigenvalue weighted by molar-refractivity contribution is 6.29. The van der Waals surface area contributed by atoms with Gasteiger partial charge in [-0.25, -0.2) is 9.37 Å². The second-order valence-electron chi connectivity index (χ2n) is 6.26. The molecule has 2 aromatic rings. The van der Waals surface area contributed by atoms with Crippen LogP contribution in [0.2, 0.25) is 5.15 Å². The largest absolute Gasteiger partial charge is 0.356 e. The summed E-state index contributed by atoms with van der Waals surface area (Å²) in [6.45, 7) is 1.86. The predicted molar refractivity (Wildman–Crippen MR) is 105 cm³/mol. The van der Waals surface area contributed by atoms with E-state index in [0.29, 0.717) is 29.8 Å². The van der Waals surface area contributed by atoms with Gasteiger partial charge in [-0.05, 0) is 49.8 Å². The third-order valence-electron chi connectivity index (χ3n) is 3.78. The molecule has 0 aliphatic rings. The summed E-state index contributed by atoms with van der Waals surface area (Å²) in [6.07, 6.45) is 2.58. The Hall–Kier alpha value is -2.18. The Morgan fingerprint density at radius 2 is 1.96 bits per heavy atom. The lowest BCUT2D eigenvalue weighted by molar-refractivity contribution is 0.392. The quantitative estimate of drug-likeness (QED) is 0.442. The second kappa shape index (κ2) is 10.1. The van der Waals surface area contributed by atoms with Gasteiger partial charge >= 0.3 is 0 Å². The van der Waals surface area contributed by atoms with Crippen molar-refractivity contribution in [3.05, 3.63) is 64.2 Å². The minimum Gasteiger partial charge on any atom is -0.356 e. The van der Waals surface area contributed by atoms with Crippen LogP contribution in [0.25, 0.3) is 0 Å². The first kappa shape index (κ1) is 20.1. The molecule has 5 nitrogen and oxygen atoms in total. The number of nitrogens with zero attached hydrogens (tertiary/aromatic N) is 3. The number of hydrogen-bond acceptors (Lipinski definition) is 3. The fraction of sp³-hybridized carbons (Fsp3) is 0.368. The van der Waals surface area contributed by atoms with Gasteiger partial charge < -0.3 is 15.5 Å². The standard InChI is InChI=1S/C19H25ClFN5/c1-22-19(23-9-8-14-5-7-18(20)24-11-14)25-12-15-4-6-17(21)16(10-15)13-26(2)3/h4-7,10-11H,8-9,12-13H2,1-3H3,(H2,22,23,25). The minimum absolute atomic E-state index is 0.179. The van der Waals surface area contributed by atoms with E-state index in [1.54, 1.807) is 25.4 Å². The van der Waals surface area contributed by atoms with Gasteiger partial charge in [-0.3, -0.25) is 4.99 Å². The van der Waals surface area contributed by atoms with E-state index in [-0.39, 0.29) is 5.82 Å². The Kier molecular flexibility index (Phi) is 7.81. The van der Waals surface area contributed by atoms with Crippen LogP contribution in [0.3, 0.4) is 0 Å². The molecule has 26 heavy (non-hydrogen) atoms. The molecule has 0 aliphatic heterocycles. The number of nitrogens with one attached hydrogen (secondary N) is 2. The van der Waals surface area contributed by atoms with E-state index in [1.807, 2.05) is 31.1 Å². The van der Waals surface area contributed by atoms with Gasteiger partial charge in [-0.2, -0.15) is 0 Å². The summed E-state index contributed by atoms with van der Waals surface area (Å²) in [6, 6.07) is 8.92. The van der Waals surface area contributed by atoms with Gasteiger partial charge in [-0.1, -0.05) is 23.7 Å². The predicted octanol–water partition coefficient (Wildman–Crippen LogP) is 2.84. The van der Waals surface area contributed by atoms with E-state index in [9.17, 15) is 4.39 Å². The van der Waals surface area contributed by atoms with Crippen LogP contribution in [0.4, 0.5) is 4.39 Å². The maximum Gasteiger partial charge on any atom is 0.191 e. The van der Waals surface area contributed by atoms with Gasteiger partial charge in [0.05, 0.1) is 0 Å². The van der Waals surface area contributed by atoms with Gasteiger partial charge in [0.1, 0.15) is 11.0 Å². The summed E-state index contributed by atoms with van der Waals surface area (Å²) in [5.41, 5.74) is 2.80. The highest BCUT2D eigenvalue weighted by Crippen LogP contribution is 2.12. The molecule has 0 saturated carbocycles. The van der Waals surface area contributed by atoms with Crippen LogP contribution in [-0.2, 0) is 19.5 Å². The van der Waals surface area contributed by atoms with E-state index in [4.69, 9.17) is 11.6 Å². The lowest BCUT2D eigenvalue weighted by Gasteiger charge is -2.14. The van der Waals surface area contributed by atoms with E-state index >= 15 is 0 Å². The molecule has 0 spiro atoms. The van der Waals surface area contributed by atoms with E-state index in [0.717, 1.165) is 24.1 Å². The van der Waals surface area contributed by atoms with Crippen LogP contribution >= 0.6 is 11.6 Å². The highest BCUT2D eigenvalue weighted by Gasteiger charge is 2.06. The molecule has 2 rings (SSSR count). The monoisotopic (exact) mass is 377 g/mol. The molecule has 0 unspecified atom stereocenters. The number of aliphatic imine (C=N–C) groups is 1. The molecule has 1 heterocycles. The SMILES string of the molecule is CN=C(NCCc1ccc(Cl)nc1)NCc1ccc(F)c(CN(C)C)c1. The zero-order chi connectivity index (χ0) is 18.9. The molecule has 2 N–H and O–H groups in total. The molecular formula is C19H25ClFN5. The third-order valence-corrected chi connectivity index (χ3v) is 4.00. The van der Waals surface area contributed by atoms with Gasteiger partial charge in [0.25, 0.3) is 0 Å². The van der Waals surface area contributed by atoms with Crippen molar-refractivity contribution in [3.8, 4) is 0 Å². The number of guanidine groups is 1. The molecule has 0 amide bonds. The average Bonchev–Trinajstić information content (AvgIpc) is 2.61. The number of pyridine rings is 1.